The summed E-state index contributed by atoms with van der Waals surface area (Å²) in [5, 5.41) is 12.7. The molecule has 2 aliphatic heterocycles. The highest BCUT2D eigenvalue weighted by Crippen LogP contribution is 2.38. The molecule has 1 N–H and O–H groups in total. The summed E-state index contributed by atoms with van der Waals surface area (Å²) in [6, 6.07) is 9.61. The molecular weight excluding hydrogens is 312 g/mol. The molecule has 1 aromatic rings. The number of hydrogen-bond acceptors (Lipinski definition) is 6. The number of likely N-dealkylation sites (tertiary alicyclic amines) is 1. The van der Waals surface area contributed by atoms with Crippen molar-refractivity contribution in [2.24, 2.45) is 5.16 Å². The lowest BCUT2D eigenvalue weighted by Crippen LogP contribution is -2.44. The maximum absolute atomic E-state index is 12.9. The van der Waals surface area contributed by atoms with E-state index in [1.807, 2.05) is 30.3 Å². The van der Waals surface area contributed by atoms with Gasteiger partial charge in [-0.05, 0) is 18.4 Å². The van der Waals surface area contributed by atoms with Gasteiger partial charge in [0.15, 0.2) is 5.60 Å². The van der Waals surface area contributed by atoms with E-state index in [-0.39, 0.29) is 31.1 Å². The van der Waals surface area contributed by atoms with Gasteiger partial charge in [-0.3, -0.25) is 9.59 Å². The van der Waals surface area contributed by atoms with Crippen molar-refractivity contribution < 1.29 is 24.3 Å². The number of nitrogens with zero attached hydrogens (tertiary/aromatic N) is 2. The molecule has 0 saturated carbocycles. The largest absolute Gasteiger partial charge is 0.463 e. The van der Waals surface area contributed by atoms with Gasteiger partial charge in [-0.1, -0.05) is 35.5 Å². The Labute approximate surface area is 139 Å². The molecule has 24 heavy (non-hydrogen) atoms. The van der Waals surface area contributed by atoms with E-state index in [0.29, 0.717) is 25.1 Å². The minimum atomic E-state index is -1.23. The molecule has 2 saturated heterocycles. The maximum atomic E-state index is 12.9. The number of rotatable bonds is 4. The fourth-order valence-corrected chi connectivity index (χ4v) is 3.27. The van der Waals surface area contributed by atoms with Crippen molar-refractivity contribution in [3.8, 4) is 0 Å². The van der Waals surface area contributed by atoms with Gasteiger partial charge in [0.1, 0.15) is 12.3 Å². The van der Waals surface area contributed by atoms with Crippen LogP contribution in [0.5, 0.6) is 0 Å². The number of hydrogen-bond donors (Lipinski definition) is 1. The fraction of sp³-hybridized carbons (Fsp3) is 0.471. The molecule has 1 amide bonds. The van der Waals surface area contributed by atoms with E-state index in [2.05, 4.69) is 5.16 Å². The van der Waals surface area contributed by atoms with Crippen LogP contribution >= 0.6 is 0 Å². The summed E-state index contributed by atoms with van der Waals surface area (Å²) >= 11 is 0. The van der Waals surface area contributed by atoms with Crippen LogP contribution in [0.25, 0.3) is 0 Å². The molecule has 0 aliphatic carbocycles. The highest BCUT2D eigenvalue weighted by atomic mass is 16.6. The van der Waals surface area contributed by atoms with Gasteiger partial charge in [0.2, 0.25) is 0 Å². The summed E-state index contributed by atoms with van der Waals surface area (Å²) in [5.74, 6) is -0.594. The van der Waals surface area contributed by atoms with Crippen molar-refractivity contribution in [1.82, 2.24) is 4.90 Å². The van der Waals surface area contributed by atoms with E-state index in [0.717, 1.165) is 5.56 Å². The van der Waals surface area contributed by atoms with E-state index in [9.17, 15) is 14.8 Å². The lowest BCUT2D eigenvalue weighted by molar-refractivity contribution is -0.151. The molecule has 0 radical (unpaired) electrons. The van der Waals surface area contributed by atoms with E-state index in [1.165, 1.54) is 6.92 Å². The third-order valence-corrected chi connectivity index (χ3v) is 4.44. The molecule has 2 atom stereocenters. The first-order chi connectivity index (χ1) is 11.5. The third-order valence-electron chi connectivity index (χ3n) is 4.44. The topological polar surface area (TPSA) is 88.4 Å². The highest BCUT2D eigenvalue weighted by Gasteiger charge is 2.57. The summed E-state index contributed by atoms with van der Waals surface area (Å²) in [5.41, 5.74) is 0.0809. The first-order valence-corrected chi connectivity index (χ1v) is 7.91. The predicted octanol–water partition coefficient (Wildman–Crippen LogP) is 1.34. The van der Waals surface area contributed by atoms with Gasteiger partial charge in [-0.2, -0.15) is 0 Å². The Hall–Kier alpha value is -2.41. The molecule has 2 fully saturated rings. The Kier molecular flexibility index (Phi) is 4.53. The monoisotopic (exact) mass is 332 g/mol. The van der Waals surface area contributed by atoms with Gasteiger partial charge < -0.3 is 19.6 Å². The standard InChI is InChI=1S/C17H20N2O5/c1-12(20)23-11-14-7-8-17(24-14)15(18-22)10-19(16(17)21)9-13-5-3-2-4-6-13/h2-6,14,22H,7-11H2,1H3/b18-15+/t14-,17+/m0/s1. The normalized spacial score (nSPS) is 28.0. The smallest absolute Gasteiger partial charge is 0.302 e. The molecule has 1 spiro atoms. The molecule has 0 aromatic heterocycles. The molecule has 2 heterocycles. The van der Waals surface area contributed by atoms with Crippen molar-refractivity contribution in [3.05, 3.63) is 35.9 Å². The molecule has 2 aliphatic rings. The van der Waals surface area contributed by atoms with E-state index in [1.54, 1.807) is 4.90 Å². The quantitative estimate of drug-likeness (QED) is 0.511. The minimum Gasteiger partial charge on any atom is -0.463 e. The summed E-state index contributed by atoms with van der Waals surface area (Å²) in [6.07, 6.45) is 0.617. The van der Waals surface area contributed by atoms with Crippen LogP contribution < -0.4 is 0 Å². The van der Waals surface area contributed by atoms with Crippen LogP contribution in [0.3, 0.4) is 0 Å². The number of ether oxygens (including phenoxy) is 2. The zero-order valence-corrected chi connectivity index (χ0v) is 13.5. The number of carbonyl (C=O) groups is 2. The molecule has 1 aromatic carbocycles. The highest BCUT2D eigenvalue weighted by molar-refractivity contribution is 6.18. The number of benzene rings is 1. The van der Waals surface area contributed by atoms with Gasteiger partial charge in [-0.25, -0.2) is 0 Å². The fourth-order valence-electron chi connectivity index (χ4n) is 3.27. The van der Waals surface area contributed by atoms with E-state index in [4.69, 9.17) is 9.47 Å². The molecule has 128 valence electrons. The van der Waals surface area contributed by atoms with Crippen molar-refractivity contribution in [1.29, 1.82) is 0 Å². The summed E-state index contributed by atoms with van der Waals surface area (Å²) < 4.78 is 10.8. The van der Waals surface area contributed by atoms with Crippen molar-refractivity contribution in [2.45, 2.75) is 38.0 Å². The SMILES string of the molecule is CC(=O)OC[C@@H]1CC[C@]2(O1)C(=O)N(Cc1ccccc1)C/C2=N\O. The Morgan fingerprint density at radius 3 is 2.88 bits per heavy atom. The van der Waals surface area contributed by atoms with Crippen molar-refractivity contribution in [2.75, 3.05) is 13.2 Å². The van der Waals surface area contributed by atoms with Gasteiger partial charge in [0, 0.05) is 13.5 Å². The first-order valence-electron chi connectivity index (χ1n) is 7.91. The molecule has 0 unspecified atom stereocenters. The number of amides is 1. The van der Waals surface area contributed by atoms with Crippen LogP contribution in [0.15, 0.2) is 35.5 Å². The Balaban J connectivity index is 1.74. The van der Waals surface area contributed by atoms with Crippen LogP contribution in [0, 0.1) is 0 Å². The van der Waals surface area contributed by atoms with Gasteiger partial charge in [-0.15, -0.1) is 0 Å². The van der Waals surface area contributed by atoms with Gasteiger partial charge in [0.05, 0.1) is 12.6 Å². The summed E-state index contributed by atoms with van der Waals surface area (Å²) in [7, 11) is 0. The number of oxime groups is 1. The lowest BCUT2D eigenvalue weighted by Gasteiger charge is -2.23. The van der Waals surface area contributed by atoms with Crippen molar-refractivity contribution in [3.63, 3.8) is 0 Å². The van der Waals surface area contributed by atoms with Crippen LogP contribution in [0.1, 0.15) is 25.3 Å². The Morgan fingerprint density at radius 2 is 2.21 bits per heavy atom. The number of esters is 1. The summed E-state index contributed by atoms with van der Waals surface area (Å²) in [4.78, 5) is 25.4. The molecule has 7 heteroatoms. The zero-order valence-electron chi connectivity index (χ0n) is 13.5. The molecule has 0 bridgehead atoms. The molecule has 7 nitrogen and oxygen atoms in total. The predicted molar refractivity (Wildman–Crippen MR) is 84.6 cm³/mol. The van der Waals surface area contributed by atoms with E-state index < -0.39 is 5.60 Å². The number of carbonyl (C=O) groups excluding carboxylic acids is 2. The molecular formula is C17H20N2O5. The minimum absolute atomic E-state index is 0.0990. The average molecular weight is 332 g/mol. The van der Waals surface area contributed by atoms with Crippen LogP contribution in [0.2, 0.25) is 0 Å². The van der Waals surface area contributed by atoms with Gasteiger partial charge in [0.25, 0.3) is 5.91 Å². The second kappa shape index (κ2) is 6.60. The maximum Gasteiger partial charge on any atom is 0.302 e. The lowest BCUT2D eigenvalue weighted by atomic mass is 9.96. The average Bonchev–Trinajstić information content (AvgIpc) is 3.12. The van der Waals surface area contributed by atoms with Crippen LogP contribution in [0.4, 0.5) is 0 Å². The second-order valence-electron chi connectivity index (χ2n) is 6.10. The molecule has 3 rings (SSSR count). The van der Waals surface area contributed by atoms with Crippen molar-refractivity contribution >= 4 is 17.6 Å². The summed E-state index contributed by atoms with van der Waals surface area (Å²) in [6.45, 7) is 2.08. The Morgan fingerprint density at radius 1 is 1.46 bits per heavy atom. The van der Waals surface area contributed by atoms with Crippen LogP contribution in [-0.4, -0.2) is 52.6 Å². The van der Waals surface area contributed by atoms with E-state index >= 15 is 0 Å². The second-order valence-corrected chi connectivity index (χ2v) is 6.10. The Bertz CT molecular complexity index is 660. The first kappa shape index (κ1) is 16.4. The van der Waals surface area contributed by atoms with Crippen LogP contribution in [-0.2, 0) is 25.6 Å². The zero-order chi connectivity index (χ0) is 17.2. The third kappa shape index (κ3) is 2.99. The van der Waals surface area contributed by atoms with Gasteiger partial charge >= 0.3 is 5.97 Å².